The molecule has 2 atom stereocenters. The summed E-state index contributed by atoms with van der Waals surface area (Å²) >= 11 is 0. The van der Waals surface area contributed by atoms with Crippen LogP contribution >= 0.6 is 0 Å². The van der Waals surface area contributed by atoms with Crippen molar-refractivity contribution in [3.05, 3.63) is 0 Å². The molecule has 2 heteroatoms. The number of ether oxygens (including phenoxy) is 1. The van der Waals surface area contributed by atoms with E-state index in [0.717, 1.165) is 38.7 Å². The molecular weight excluding hydrogens is 188 g/mol. The number of carbonyl (C=O) groups excluding carboxylic acids is 1. The Labute approximate surface area is 93.4 Å². The van der Waals surface area contributed by atoms with E-state index in [1.165, 1.54) is 0 Å². The van der Waals surface area contributed by atoms with E-state index in [1.54, 1.807) is 0 Å². The summed E-state index contributed by atoms with van der Waals surface area (Å²) in [5.74, 6) is 1.33. The summed E-state index contributed by atoms with van der Waals surface area (Å²) in [6.07, 6.45) is 5.08. The Kier molecular flexibility index (Phi) is 5.30. The second-order valence-corrected chi connectivity index (χ2v) is 4.97. The summed E-state index contributed by atoms with van der Waals surface area (Å²) in [4.78, 5) is 11.9. The van der Waals surface area contributed by atoms with Gasteiger partial charge in [-0.2, -0.15) is 0 Å². The van der Waals surface area contributed by atoms with Gasteiger partial charge in [-0.1, -0.05) is 27.2 Å². The third-order valence-electron chi connectivity index (χ3n) is 3.23. The van der Waals surface area contributed by atoms with Crippen LogP contribution in [0.1, 0.15) is 52.9 Å². The number of hydrogen-bond donors (Lipinski definition) is 0. The Bertz CT molecular complexity index is 199. The molecule has 2 nitrogen and oxygen atoms in total. The zero-order valence-electron chi connectivity index (χ0n) is 10.3. The molecule has 1 rings (SSSR count). The molecule has 0 bridgehead atoms. The maximum Gasteiger partial charge on any atom is 0.138 e. The molecule has 0 aromatic rings. The van der Waals surface area contributed by atoms with Crippen LogP contribution in [0.25, 0.3) is 0 Å². The molecule has 0 spiro atoms. The number of ketones is 1. The van der Waals surface area contributed by atoms with E-state index in [2.05, 4.69) is 20.8 Å². The van der Waals surface area contributed by atoms with Crippen molar-refractivity contribution in [3.8, 4) is 0 Å². The summed E-state index contributed by atoms with van der Waals surface area (Å²) in [6.45, 7) is 7.29. The Morgan fingerprint density at radius 1 is 1.47 bits per heavy atom. The fourth-order valence-corrected chi connectivity index (χ4v) is 2.29. The van der Waals surface area contributed by atoms with E-state index in [1.807, 2.05) is 0 Å². The van der Waals surface area contributed by atoms with E-state index < -0.39 is 0 Å². The first-order valence-electron chi connectivity index (χ1n) is 6.29. The first kappa shape index (κ1) is 12.7. The Balaban J connectivity index is 2.27. The van der Waals surface area contributed by atoms with Crippen LogP contribution < -0.4 is 0 Å². The molecule has 0 amide bonds. The summed E-state index contributed by atoms with van der Waals surface area (Å²) in [7, 11) is 0. The molecular formula is C13H24O2. The molecule has 0 aromatic carbocycles. The van der Waals surface area contributed by atoms with Crippen molar-refractivity contribution in [1.29, 1.82) is 0 Å². The van der Waals surface area contributed by atoms with E-state index in [4.69, 9.17) is 4.74 Å². The molecule has 0 aromatic heterocycles. The molecule has 1 aliphatic heterocycles. The number of rotatable bonds is 6. The summed E-state index contributed by atoms with van der Waals surface area (Å²) < 4.78 is 5.54. The van der Waals surface area contributed by atoms with Gasteiger partial charge in [-0.15, -0.1) is 0 Å². The van der Waals surface area contributed by atoms with Crippen molar-refractivity contribution >= 4 is 5.78 Å². The minimum atomic E-state index is 0.196. The molecule has 1 fully saturated rings. The molecule has 15 heavy (non-hydrogen) atoms. The standard InChI is InChI=1S/C13H24O2/c1-4-13-11(8-9-15-13)12(14)7-5-6-10(2)3/h10-11,13H,4-9H2,1-3H3. The van der Waals surface area contributed by atoms with Crippen molar-refractivity contribution in [2.75, 3.05) is 6.61 Å². The molecule has 1 aliphatic rings. The highest BCUT2D eigenvalue weighted by molar-refractivity contribution is 5.81. The quantitative estimate of drug-likeness (QED) is 0.676. The maximum atomic E-state index is 11.9. The predicted octanol–water partition coefficient (Wildman–Crippen LogP) is 3.20. The van der Waals surface area contributed by atoms with Crippen LogP contribution in [-0.2, 0) is 9.53 Å². The van der Waals surface area contributed by atoms with Crippen LogP contribution in [-0.4, -0.2) is 18.5 Å². The van der Waals surface area contributed by atoms with Crippen LogP contribution in [0.5, 0.6) is 0 Å². The monoisotopic (exact) mass is 212 g/mol. The summed E-state index contributed by atoms with van der Waals surface area (Å²) in [6, 6.07) is 0. The SMILES string of the molecule is CCC1OCCC1C(=O)CCCC(C)C. The van der Waals surface area contributed by atoms with Gasteiger partial charge in [0.25, 0.3) is 0 Å². The molecule has 88 valence electrons. The molecule has 2 unspecified atom stereocenters. The second-order valence-electron chi connectivity index (χ2n) is 4.97. The molecule has 0 aliphatic carbocycles. The van der Waals surface area contributed by atoms with Gasteiger partial charge in [0.05, 0.1) is 6.10 Å². The number of hydrogen-bond acceptors (Lipinski definition) is 2. The Morgan fingerprint density at radius 3 is 2.80 bits per heavy atom. The third-order valence-corrected chi connectivity index (χ3v) is 3.23. The van der Waals surface area contributed by atoms with Crippen molar-refractivity contribution < 1.29 is 9.53 Å². The normalized spacial score (nSPS) is 26.1. The van der Waals surface area contributed by atoms with E-state index in [0.29, 0.717) is 11.7 Å². The molecule has 0 radical (unpaired) electrons. The largest absolute Gasteiger partial charge is 0.377 e. The fourth-order valence-electron chi connectivity index (χ4n) is 2.29. The summed E-state index contributed by atoms with van der Waals surface area (Å²) in [5, 5.41) is 0. The fraction of sp³-hybridized carbons (Fsp3) is 0.923. The van der Waals surface area contributed by atoms with Gasteiger partial charge in [0.1, 0.15) is 5.78 Å². The summed E-state index contributed by atoms with van der Waals surface area (Å²) in [5.41, 5.74) is 0. The van der Waals surface area contributed by atoms with Gasteiger partial charge >= 0.3 is 0 Å². The molecule has 0 saturated carbocycles. The predicted molar refractivity (Wildman–Crippen MR) is 61.8 cm³/mol. The van der Waals surface area contributed by atoms with E-state index >= 15 is 0 Å². The molecule has 1 saturated heterocycles. The Morgan fingerprint density at radius 2 is 2.20 bits per heavy atom. The lowest BCUT2D eigenvalue weighted by molar-refractivity contribution is -0.124. The first-order chi connectivity index (χ1) is 7.15. The van der Waals surface area contributed by atoms with Crippen molar-refractivity contribution in [2.24, 2.45) is 11.8 Å². The Hall–Kier alpha value is -0.370. The van der Waals surface area contributed by atoms with Crippen molar-refractivity contribution in [2.45, 2.75) is 59.0 Å². The first-order valence-corrected chi connectivity index (χ1v) is 6.29. The van der Waals surface area contributed by atoms with E-state index in [-0.39, 0.29) is 12.0 Å². The number of carbonyl (C=O) groups is 1. The number of Topliss-reactive ketones (excluding diaryl/α,β-unsaturated/α-hetero) is 1. The van der Waals surface area contributed by atoms with Crippen molar-refractivity contribution in [1.82, 2.24) is 0 Å². The lowest BCUT2D eigenvalue weighted by Crippen LogP contribution is -2.23. The van der Waals surface area contributed by atoms with Gasteiger partial charge in [-0.3, -0.25) is 4.79 Å². The van der Waals surface area contributed by atoms with Crippen LogP contribution in [0.3, 0.4) is 0 Å². The van der Waals surface area contributed by atoms with Crippen LogP contribution in [0.2, 0.25) is 0 Å². The highest BCUT2D eigenvalue weighted by Crippen LogP contribution is 2.26. The topological polar surface area (TPSA) is 26.3 Å². The smallest absolute Gasteiger partial charge is 0.138 e. The highest BCUT2D eigenvalue weighted by Gasteiger charge is 2.31. The van der Waals surface area contributed by atoms with Gasteiger partial charge in [0, 0.05) is 18.9 Å². The van der Waals surface area contributed by atoms with Gasteiger partial charge in [-0.25, -0.2) is 0 Å². The molecule has 1 heterocycles. The minimum Gasteiger partial charge on any atom is -0.377 e. The van der Waals surface area contributed by atoms with Gasteiger partial charge in [0.2, 0.25) is 0 Å². The van der Waals surface area contributed by atoms with Crippen LogP contribution in [0.4, 0.5) is 0 Å². The van der Waals surface area contributed by atoms with E-state index in [9.17, 15) is 4.79 Å². The zero-order chi connectivity index (χ0) is 11.3. The van der Waals surface area contributed by atoms with Crippen LogP contribution in [0, 0.1) is 11.8 Å². The highest BCUT2D eigenvalue weighted by atomic mass is 16.5. The van der Waals surface area contributed by atoms with Gasteiger partial charge < -0.3 is 4.74 Å². The second kappa shape index (κ2) is 6.26. The lowest BCUT2D eigenvalue weighted by atomic mass is 9.91. The third kappa shape index (κ3) is 3.94. The van der Waals surface area contributed by atoms with Gasteiger partial charge in [0.15, 0.2) is 0 Å². The maximum absolute atomic E-state index is 11.9. The average molecular weight is 212 g/mol. The molecule has 0 N–H and O–H groups in total. The lowest BCUT2D eigenvalue weighted by Gasteiger charge is -2.15. The van der Waals surface area contributed by atoms with Gasteiger partial charge in [-0.05, 0) is 25.2 Å². The zero-order valence-corrected chi connectivity index (χ0v) is 10.3. The minimum absolute atomic E-state index is 0.196. The van der Waals surface area contributed by atoms with Crippen molar-refractivity contribution in [3.63, 3.8) is 0 Å². The van der Waals surface area contributed by atoms with Crippen LogP contribution in [0.15, 0.2) is 0 Å². The average Bonchev–Trinajstić information content (AvgIpc) is 2.64.